The van der Waals surface area contributed by atoms with E-state index in [-0.39, 0.29) is 11.4 Å². The predicted octanol–water partition coefficient (Wildman–Crippen LogP) is 0.737. The normalized spacial score (nSPS) is 12.0. The van der Waals surface area contributed by atoms with Crippen molar-refractivity contribution < 1.29 is 8.42 Å². The van der Waals surface area contributed by atoms with Gasteiger partial charge in [-0.05, 0) is 27.0 Å². The maximum Gasteiger partial charge on any atom is 0.242 e. The summed E-state index contributed by atoms with van der Waals surface area (Å²) in [5.41, 5.74) is 2.64. The van der Waals surface area contributed by atoms with E-state index in [2.05, 4.69) is 20.2 Å². The smallest absolute Gasteiger partial charge is 0.242 e. The minimum Gasteiger partial charge on any atom is -0.349 e. The van der Waals surface area contributed by atoms with Crippen molar-refractivity contribution in [3.05, 3.63) is 35.4 Å². The summed E-state index contributed by atoms with van der Waals surface area (Å²) in [6.07, 6.45) is 3.29. The number of nitrogens with zero attached hydrogens (tertiary/aromatic N) is 2. The van der Waals surface area contributed by atoms with Crippen LogP contribution in [0.5, 0.6) is 0 Å². The van der Waals surface area contributed by atoms with Gasteiger partial charge in [-0.3, -0.25) is 5.10 Å². The molecular formula is C13H21N5O2S. The Labute approximate surface area is 124 Å². The molecule has 0 bridgehead atoms. The number of sulfonamides is 1. The van der Waals surface area contributed by atoms with Crippen molar-refractivity contribution in [1.82, 2.24) is 24.8 Å². The Kier molecular flexibility index (Phi) is 4.81. The Hall–Kier alpha value is -1.64. The third-order valence-corrected chi connectivity index (χ3v) is 4.72. The van der Waals surface area contributed by atoms with Gasteiger partial charge >= 0.3 is 0 Å². The highest BCUT2D eigenvalue weighted by molar-refractivity contribution is 7.89. The van der Waals surface area contributed by atoms with Gasteiger partial charge in [0.2, 0.25) is 10.0 Å². The minimum atomic E-state index is -3.52. The molecule has 0 saturated carbocycles. The standard InChI is InChI=1S/C13H21N5O2S/c1-4-18-9-13(5-12(18)8-14-3)21(19,20)16-7-11-6-15-17-10(11)2/h5-6,9,14,16H,4,7-8H2,1-3H3,(H,15,17). The van der Waals surface area contributed by atoms with Crippen LogP contribution >= 0.6 is 0 Å². The van der Waals surface area contributed by atoms with Crippen LogP contribution in [0.25, 0.3) is 0 Å². The molecule has 0 aliphatic heterocycles. The Bertz CT molecular complexity index is 702. The van der Waals surface area contributed by atoms with Crippen molar-refractivity contribution in [2.75, 3.05) is 7.05 Å². The van der Waals surface area contributed by atoms with E-state index < -0.39 is 10.0 Å². The quantitative estimate of drug-likeness (QED) is 0.703. The lowest BCUT2D eigenvalue weighted by molar-refractivity contribution is 0.580. The number of aromatic amines is 1. The van der Waals surface area contributed by atoms with Gasteiger partial charge in [-0.1, -0.05) is 0 Å². The zero-order valence-electron chi connectivity index (χ0n) is 12.5. The van der Waals surface area contributed by atoms with Crippen LogP contribution in [-0.2, 0) is 29.7 Å². The zero-order valence-corrected chi connectivity index (χ0v) is 13.3. The van der Waals surface area contributed by atoms with Gasteiger partial charge in [-0.15, -0.1) is 0 Å². The summed E-state index contributed by atoms with van der Waals surface area (Å²) >= 11 is 0. The molecule has 116 valence electrons. The summed E-state index contributed by atoms with van der Waals surface area (Å²) in [5, 5.41) is 9.70. The molecule has 8 heteroatoms. The van der Waals surface area contributed by atoms with E-state index in [9.17, 15) is 8.42 Å². The van der Waals surface area contributed by atoms with E-state index in [1.807, 2.05) is 25.5 Å². The van der Waals surface area contributed by atoms with Gasteiger partial charge in [-0.25, -0.2) is 13.1 Å². The molecule has 0 saturated heterocycles. The number of hydrogen-bond donors (Lipinski definition) is 3. The lowest BCUT2D eigenvalue weighted by Gasteiger charge is -2.04. The minimum absolute atomic E-state index is 0.226. The fourth-order valence-electron chi connectivity index (χ4n) is 2.11. The van der Waals surface area contributed by atoms with E-state index in [1.54, 1.807) is 18.5 Å². The second kappa shape index (κ2) is 6.42. The van der Waals surface area contributed by atoms with E-state index in [4.69, 9.17) is 0 Å². The molecule has 3 N–H and O–H groups in total. The average Bonchev–Trinajstić information content (AvgIpc) is 3.04. The van der Waals surface area contributed by atoms with Crippen LogP contribution in [0.15, 0.2) is 23.4 Å². The SMILES string of the molecule is CCn1cc(S(=O)(=O)NCc2cn[nH]c2C)cc1CNC. The van der Waals surface area contributed by atoms with Gasteiger partial charge in [0.15, 0.2) is 0 Å². The third kappa shape index (κ3) is 3.52. The molecule has 2 heterocycles. The predicted molar refractivity (Wildman–Crippen MR) is 80.2 cm³/mol. The van der Waals surface area contributed by atoms with Crippen LogP contribution in [0.3, 0.4) is 0 Å². The van der Waals surface area contributed by atoms with Gasteiger partial charge in [0.1, 0.15) is 0 Å². The fourth-order valence-corrected chi connectivity index (χ4v) is 3.18. The average molecular weight is 311 g/mol. The molecule has 0 aromatic carbocycles. The maximum atomic E-state index is 12.3. The summed E-state index contributed by atoms with van der Waals surface area (Å²) in [6.45, 7) is 5.42. The van der Waals surface area contributed by atoms with Gasteiger partial charge in [0, 0.05) is 42.8 Å². The molecule has 0 spiro atoms. The van der Waals surface area contributed by atoms with Gasteiger partial charge in [0.05, 0.1) is 11.1 Å². The number of H-pyrrole nitrogens is 1. The second-order valence-electron chi connectivity index (χ2n) is 4.83. The van der Waals surface area contributed by atoms with Crippen molar-refractivity contribution in [2.24, 2.45) is 0 Å². The molecule has 2 aromatic heterocycles. The van der Waals surface area contributed by atoms with Gasteiger partial charge in [-0.2, -0.15) is 5.10 Å². The van der Waals surface area contributed by atoms with Crippen molar-refractivity contribution in [3.63, 3.8) is 0 Å². The topological polar surface area (TPSA) is 91.8 Å². The highest BCUT2D eigenvalue weighted by Gasteiger charge is 2.18. The van der Waals surface area contributed by atoms with Crippen LogP contribution in [0.4, 0.5) is 0 Å². The molecular weight excluding hydrogens is 290 g/mol. The summed E-state index contributed by atoms with van der Waals surface area (Å²) in [5.74, 6) is 0. The van der Waals surface area contributed by atoms with Crippen LogP contribution in [0, 0.1) is 6.92 Å². The molecule has 0 atom stereocenters. The highest BCUT2D eigenvalue weighted by atomic mass is 32.2. The van der Waals surface area contributed by atoms with Crippen LogP contribution in [-0.4, -0.2) is 30.2 Å². The lowest BCUT2D eigenvalue weighted by atomic mass is 10.3. The van der Waals surface area contributed by atoms with Crippen LogP contribution in [0.1, 0.15) is 23.9 Å². The van der Waals surface area contributed by atoms with E-state index >= 15 is 0 Å². The molecule has 0 unspecified atom stereocenters. The Balaban J connectivity index is 2.17. The van der Waals surface area contributed by atoms with E-state index in [0.29, 0.717) is 6.54 Å². The number of rotatable bonds is 7. The Morgan fingerprint density at radius 3 is 2.71 bits per heavy atom. The van der Waals surface area contributed by atoms with Gasteiger partial charge < -0.3 is 9.88 Å². The first kappa shape index (κ1) is 15.7. The molecule has 2 rings (SSSR count). The number of nitrogens with one attached hydrogen (secondary N) is 3. The molecule has 2 aromatic rings. The van der Waals surface area contributed by atoms with E-state index in [0.717, 1.165) is 23.5 Å². The summed E-state index contributed by atoms with van der Waals surface area (Å²) in [6, 6.07) is 1.70. The fraction of sp³-hybridized carbons (Fsp3) is 0.462. The molecule has 21 heavy (non-hydrogen) atoms. The first-order valence-electron chi connectivity index (χ1n) is 6.80. The monoisotopic (exact) mass is 311 g/mol. The largest absolute Gasteiger partial charge is 0.349 e. The third-order valence-electron chi connectivity index (χ3n) is 3.36. The van der Waals surface area contributed by atoms with E-state index in [1.165, 1.54) is 0 Å². The van der Waals surface area contributed by atoms with Crippen molar-refractivity contribution in [2.45, 2.75) is 38.4 Å². The van der Waals surface area contributed by atoms with Crippen LogP contribution in [0.2, 0.25) is 0 Å². The summed E-state index contributed by atoms with van der Waals surface area (Å²) in [4.78, 5) is 0.288. The highest BCUT2D eigenvalue weighted by Crippen LogP contribution is 2.15. The lowest BCUT2D eigenvalue weighted by Crippen LogP contribution is -2.23. The molecule has 0 amide bonds. The summed E-state index contributed by atoms with van der Waals surface area (Å²) in [7, 11) is -1.69. The van der Waals surface area contributed by atoms with Gasteiger partial charge in [0.25, 0.3) is 0 Å². The first-order valence-corrected chi connectivity index (χ1v) is 8.28. The number of aryl methyl sites for hydroxylation is 2. The van der Waals surface area contributed by atoms with Crippen molar-refractivity contribution >= 4 is 10.0 Å². The first-order chi connectivity index (χ1) is 9.97. The van der Waals surface area contributed by atoms with Crippen molar-refractivity contribution in [3.8, 4) is 0 Å². The second-order valence-corrected chi connectivity index (χ2v) is 6.60. The Morgan fingerprint density at radius 1 is 1.38 bits per heavy atom. The molecule has 7 nitrogen and oxygen atoms in total. The Morgan fingerprint density at radius 2 is 2.14 bits per heavy atom. The molecule has 0 fully saturated rings. The molecule has 0 radical (unpaired) electrons. The molecule has 0 aliphatic rings. The van der Waals surface area contributed by atoms with Crippen molar-refractivity contribution in [1.29, 1.82) is 0 Å². The summed E-state index contributed by atoms with van der Waals surface area (Å²) < 4.78 is 29.2. The zero-order chi connectivity index (χ0) is 15.5. The maximum absolute atomic E-state index is 12.3. The van der Waals surface area contributed by atoms with Crippen LogP contribution < -0.4 is 10.0 Å². The number of hydrogen-bond acceptors (Lipinski definition) is 4. The number of aromatic nitrogens is 3. The molecule has 0 aliphatic carbocycles.